The Kier molecular flexibility index (Phi) is 4.90. The molecular formula is C17H19N5OS. The van der Waals surface area contributed by atoms with Crippen molar-refractivity contribution >= 4 is 28.7 Å². The number of H-pyrrole nitrogens is 1. The molecule has 7 heteroatoms. The first-order valence-corrected chi connectivity index (χ1v) is 8.70. The predicted octanol–water partition coefficient (Wildman–Crippen LogP) is 3.63. The van der Waals surface area contributed by atoms with Crippen LogP contribution in [0.4, 0.5) is 11.5 Å². The van der Waals surface area contributed by atoms with Crippen molar-refractivity contribution in [3.05, 3.63) is 47.6 Å². The first kappa shape index (κ1) is 16.2. The molecule has 0 bridgehead atoms. The minimum Gasteiger partial charge on any atom is -0.357 e. The minimum atomic E-state index is -0.258. The Morgan fingerprint density at radius 1 is 1.29 bits per heavy atom. The molecule has 0 radical (unpaired) electrons. The Hall–Kier alpha value is -2.67. The average Bonchev–Trinajstić information content (AvgIpc) is 3.29. The van der Waals surface area contributed by atoms with Crippen LogP contribution in [-0.2, 0) is 0 Å². The summed E-state index contributed by atoms with van der Waals surface area (Å²) in [5, 5.41) is 11.8. The number of rotatable bonds is 6. The molecule has 0 atom stereocenters. The molecule has 0 fully saturated rings. The molecule has 0 aliphatic heterocycles. The number of hydrogen-bond donors (Lipinski definition) is 2. The quantitative estimate of drug-likeness (QED) is 0.718. The van der Waals surface area contributed by atoms with Gasteiger partial charge in [-0.3, -0.25) is 9.89 Å². The molecule has 3 rings (SSSR count). The summed E-state index contributed by atoms with van der Waals surface area (Å²) in [7, 11) is 0. The Balaban J connectivity index is 1.69. The Labute approximate surface area is 144 Å². The number of thiophene rings is 1. The number of pyridine rings is 1. The van der Waals surface area contributed by atoms with Crippen molar-refractivity contribution in [1.82, 2.24) is 15.2 Å². The van der Waals surface area contributed by atoms with E-state index in [0.29, 0.717) is 11.4 Å². The number of nitrogens with one attached hydrogen (secondary N) is 2. The van der Waals surface area contributed by atoms with Gasteiger partial charge < -0.3 is 10.2 Å². The van der Waals surface area contributed by atoms with Gasteiger partial charge in [0.15, 0.2) is 5.69 Å². The summed E-state index contributed by atoms with van der Waals surface area (Å²) >= 11 is 1.60. The molecule has 0 saturated carbocycles. The van der Waals surface area contributed by atoms with Crippen LogP contribution in [0.3, 0.4) is 0 Å². The molecule has 3 aromatic rings. The summed E-state index contributed by atoms with van der Waals surface area (Å²) < 4.78 is 0. The summed E-state index contributed by atoms with van der Waals surface area (Å²) in [5.74, 6) is 0.643. The third kappa shape index (κ3) is 3.46. The highest BCUT2D eigenvalue weighted by atomic mass is 32.1. The summed E-state index contributed by atoms with van der Waals surface area (Å²) in [5.41, 5.74) is 1.84. The van der Waals surface area contributed by atoms with Crippen molar-refractivity contribution in [2.24, 2.45) is 0 Å². The fraction of sp³-hybridized carbons (Fsp3) is 0.235. The van der Waals surface area contributed by atoms with Gasteiger partial charge in [-0.25, -0.2) is 4.98 Å². The second-order valence-corrected chi connectivity index (χ2v) is 6.12. The maximum absolute atomic E-state index is 12.3. The van der Waals surface area contributed by atoms with Crippen molar-refractivity contribution in [2.75, 3.05) is 23.3 Å². The molecule has 0 saturated heterocycles. The highest BCUT2D eigenvalue weighted by Gasteiger charge is 2.12. The molecule has 0 aliphatic rings. The number of carbonyl (C=O) groups excluding carboxylic acids is 1. The average molecular weight is 341 g/mol. The van der Waals surface area contributed by atoms with Gasteiger partial charge in [0, 0.05) is 13.1 Å². The van der Waals surface area contributed by atoms with Crippen molar-refractivity contribution in [3.8, 4) is 10.6 Å². The topological polar surface area (TPSA) is 73.9 Å². The largest absolute Gasteiger partial charge is 0.357 e. The molecular weight excluding hydrogens is 322 g/mol. The lowest BCUT2D eigenvalue weighted by Gasteiger charge is -2.19. The van der Waals surface area contributed by atoms with Gasteiger partial charge in [0.25, 0.3) is 5.91 Å². The number of aromatic amines is 1. The van der Waals surface area contributed by atoms with Gasteiger partial charge in [-0.15, -0.1) is 11.3 Å². The van der Waals surface area contributed by atoms with Crippen LogP contribution >= 0.6 is 11.3 Å². The van der Waals surface area contributed by atoms with Gasteiger partial charge in [0.2, 0.25) is 0 Å². The first-order chi connectivity index (χ1) is 11.7. The smallest absolute Gasteiger partial charge is 0.276 e. The van der Waals surface area contributed by atoms with Crippen LogP contribution in [0.25, 0.3) is 10.6 Å². The molecule has 1 amide bonds. The second kappa shape index (κ2) is 7.27. The zero-order valence-electron chi connectivity index (χ0n) is 13.6. The molecule has 3 heterocycles. The van der Waals surface area contributed by atoms with Crippen molar-refractivity contribution < 1.29 is 4.79 Å². The number of aromatic nitrogens is 3. The highest BCUT2D eigenvalue weighted by Crippen LogP contribution is 2.23. The van der Waals surface area contributed by atoms with E-state index in [9.17, 15) is 4.79 Å². The predicted molar refractivity (Wildman–Crippen MR) is 97.7 cm³/mol. The highest BCUT2D eigenvalue weighted by molar-refractivity contribution is 7.13. The SMILES string of the molecule is CCN(CC)c1ccc(NC(=O)c2cc(-c3cccs3)[nH]n2)cn1. The molecule has 0 aliphatic carbocycles. The van der Waals surface area contributed by atoms with Crippen LogP contribution in [0.5, 0.6) is 0 Å². The van der Waals surface area contributed by atoms with Crippen LogP contribution in [0.2, 0.25) is 0 Å². The lowest BCUT2D eigenvalue weighted by atomic mass is 10.3. The van der Waals surface area contributed by atoms with Crippen LogP contribution in [0.15, 0.2) is 41.9 Å². The zero-order chi connectivity index (χ0) is 16.9. The summed E-state index contributed by atoms with van der Waals surface area (Å²) in [6.45, 7) is 5.97. The molecule has 0 unspecified atom stereocenters. The molecule has 24 heavy (non-hydrogen) atoms. The van der Waals surface area contributed by atoms with E-state index in [1.54, 1.807) is 23.6 Å². The van der Waals surface area contributed by atoms with Crippen molar-refractivity contribution in [3.63, 3.8) is 0 Å². The fourth-order valence-electron chi connectivity index (χ4n) is 2.39. The lowest BCUT2D eigenvalue weighted by Crippen LogP contribution is -2.22. The van der Waals surface area contributed by atoms with Gasteiger partial charge >= 0.3 is 0 Å². The monoisotopic (exact) mass is 341 g/mol. The van der Waals surface area contributed by atoms with E-state index in [-0.39, 0.29) is 5.91 Å². The van der Waals surface area contributed by atoms with Crippen LogP contribution < -0.4 is 10.2 Å². The fourth-order valence-corrected chi connectivity index (χ4v) is 3.08. The Morgan fingerprint density at radius 3 is 2.75 bits per heavy atom. The van der Waals surface area contributed by atoms with Gasteiger partial charge in [-0.2, -0.15) is 5.10 Å². The number of nitrogens with zero attached hydrogens (tertiary/aromatic N) is 3. The zero-order valence-corrected chi connectivity index (χ0v) is 14.4. The van der Waals surface area contributed by atoms with E-state index in [0.717, 1.165) is 29.5 Å². The third-order valence-electron chi connectivity index (χ3n) is 3.69. The molecule has 2 N–H and O–H groups in total. The standard InChI is InChI=1S/C17H19N5OS/c1-3-22(4-2)16-8-7-12(11-18-16)19-17(23)14-10-13(20-21-14)15-6-5-9-24-15/h5-11H,3-4H2,1-2H3,(H,19,23)(H,20,21). The number of carbonyl (C=O) groups is 1. The van der Waals surface area contributed by atoms with Gasteiger partial charge in [0.05, 0.1) is 22.5 Å². The van der Waals surface area contributed by atoms with E-state index in [2.05, 4.69) is 39.2 Å². The molecule has 124 valence electrons. The Morgan fingerprint density at radius 2 is 2.12 bits per heavy atom. The van der Waals surface area contributed by atoms with Gasteiger partial charge in [-0.1, -0.05) is 6.07 Å². The van der Waals surface area contributed by atoms with E-state index < -0.39 is 0 Å². The maximum Gasteiger partial charge on any atom is 0.276 e. The normalized spacial score (nSPS) is 10.6. The van der Waals surface area contributed by atoms with Gasteiger partial charge in [0.1, 0.15) is 5.82 Å². The van der Waals surface area contributed by atoms with Gasteiger partial charge in [-0.05, 0) is 43.5 Å². The van der Waals surface area contributed by atoms with E-state index in [4.69, 9.17) is 0 Å². The van der Waals surface area contributed by atoms with Crippen LogP contribution in [0.1, 0.15) is 24.3 Å². The van der Waals surface area contributed by atoms with Crippen LogP contribution in [0, 0.1) is 0 Å². The summed E-state index contributed by atoms with van der Waals surface area (Å²) in [6.07, 6.45) is 1.67. The Bertz CT molecular complexity index is 791. The molecule has 6 nitrogen and oxygen atoms in total. The molecule has 0 spiro atoms. The third-order valence-corrected chi connectivity index (χ3v) is 4.59. The second-order valence-electron chi connectivity index (χ2n) is 5.18. The number of anilines is 2. The summed E-state index contributed by atoms with van der Waals surface area (Å²) in [4.78, 5) is 19.9. The lowest BCUT2D eigenvalue weighted by molar-refractivity contribution is 0.102. The number of hydrogen-bond acceptors (Lipinski definition) is 5. The van der Waals surface area contributed by atoms with Crippen molar-refractivity contribution in [1.29, 1.82) is 0 Å². The molecule has 3 aromatic heterocycles. The van der Waals surface area contributed by atoms with Crippen molar-refractivity contribution in [2.45, 2.75) is 13.8 Å². The minimum absolute atomic E-state index is 0.258. The summed E-state index contributed by atoms with van der Waals surface area (Å²) in [6, 6.07) is 9.45. The maximum atomic E-state index is 12.3. The first-order valence-electron chi connectivity index (χ1n) is 7.83. The van der Waals surface area contributed by atoms with E-state index in [1.807, 2.05) is 29.6 Å². The van der Waals surface area contributed by atoms with E-state index >= 15 is 0 Å². The van der Waals surface area contributed by atoms with E-state index in [1.165, 1.54) is 0 Å². The molecule has 0 aromatic carbocycles. The number of amides is 1. The van der Waals surface area contributed by atoms with Crippen LogP contribution in [-0.4, -0.2) is 34.2 Å².